The molecule has 0 aromatic rings. The largest absolute Gasteiger partial charge is 0.388 e. The first kappa shape index (κ1) is 17.2. The molecular formula is C21H28O4. The van der Waals surface area contributed by atoms with E-state index in [1.54, 1.807) is 0 Å². The lowest BCUT2D eigenvalue weighted by Gasteiger charge is -2.53. The van der Waals surface area contributed by atoms with Gasteiger partial charge in [-0.15, -0.1) is 0 Å². The van der Waals surface area contributed by atoms with Gasteiger partial charge in [-0.1, -0.05) is 37.1 Å². The van der Waals surface area contributed by atoms with Crippen LogP contribution in [-0.4, -0.2) is 34.0 Å². The number of hydrogen-bond acceptors (Lipinski definition) is 4. The summed E-state index contributed by atoms with van der Waals surface area (Å²) in [5, 5.41) is 20.5. The molecule has 2 fully saturated rings. The van der Waals surface area contributed by atoms with Gasteiger partial charge in [-0.2, -0.15) is 0 Å². The van der Waals surface area contributed by atoms with Crippen molar-refractivity contribution in [3.05, 3.63) is 23.3 Å². The lowest BCUT2D eigenvalue weighted by atomic mass is 9.51. The van der Waals surface area contributed by atoms with Crippen LogP contribution in [0.2, 0.25) is 0 Å². The topological polar surface area (TPSA) is 74.6 Å². The number of allylic oxidation sites excluding steroid dienone is 4. The predicted octanol–water partition coefficient (Wildman–Crippen LogP) is 2.73. The van der Waals surface area contributed by atoms with Gasteiger partial charge in [0.1, 0.15) is 18.0 Å². The van der Waals surface area contributed by atoms with Crippen molar-refractivity contribution in [2.75, 3.05) is 6.61 Å². The lowest BCUT2D eigenvalue weighted by molar-refractivity contribution is -0.155. The van der Waals surface area contributed by atoms with Crippen LogP contribution in [0.1, 0.15) is 58.8 Å². The second-order valence-electron chi connectivity index (χ2n) is 8.99. The number of ketones is 2. The molecule has 25 heavy (non-hydrogen) atoms. The fourth-order valence-electron chi connectivity index (χ4n) is 6.39. The highest BCUT2D eigenvalue weighted by Gasteiger charge is 2.63. The normalized spacial score (nSPS) is 45.8. The van der Waals surface area contributed by atoms with Gasteiger partial charge in [0, 0.05) is 23.7 Å². The Hall–Kier alpha value is -1.26. The number of fused-ring (bicyclic) bond motifs is 5. The number of carbonyl (C=O) groups excluding carboxylic acids is 2. The first-order valence-electron chi connectivity index (χ1n) is 9.54. The second-order valence-corrected chi connectivity index (χ2v) is 8.99. The minimum absolute atomic E-state index is 0.0279. The quantitative estimate of drug-likeness (QED) is 0.756. The van der Waals surface area contributed by atoms with Gasteiger partial charge >= 0.3 is 0 Å². The highest BCUT2D eigenvalue weighted by Crippen LogP contribution is 2.65. The molecule has 0 spiro atoms. The van der Waals surface area contributed by atoms with Crippen molar-refractivity contribution in [1.29, 1.82) is 0 Å². The van der Waals surface area contributed by atoms with E-state index < -0.39 is 23.4 Å². The molecule has 0 radical (unpaired) electrons. The molecule has 4 aliphatic carbocycles. The highest BCUT2D eigenvalue weighted by molar-refractivity contribution is 5.89. The number of hydrogen-bond donors (Lipinski definition) is 2. The molecule has 0 heterocycles. The SMILES string of the molecule is CC12CCC(=O)CC1=CCC1C2=CCC2(C)C1CCC2(O)C(=O)CO. The molecule has 4 nitrogen and oxygen atoms in total. The first-order valence-corrected chi connectivity index (χ1v) is 9.54. The molecule has 0 aliphatic heterocycles. The van der Waals surface area contributed by atoms with E-state index in [-0.39, 0.29) is 11.3 Å². The van der Waals surface area contributed by atoms with E-state index in [0.717, 1.165) is 19.3 Å². The Morgan fingerprint density at radius 3 is 2.76 bits per heavy atom. The Morgan fingerprint density at radius 1 is 1.28 bits per heavy atom. The minimum Gasteiger partial charge on any atom is -0.388 e. The summed E-state index contributed by atoms with van der Waals surface area (Å²) in [6.45, 7) is 3.70. The number of aliphatic hydroxyl groups is 2. The van der Waals surface area contributed by atoms with Crippen LogP contribution in [0, 0.1) is 22.7 Å². The Bertz CT molecular complexity index is 705. The summed E-state index contributed by atoms with van der Waals surface area (Å²) in [5.74, 6) is 0.490. The van der Waals surface area contributed by atoms with E-state index in [0.29, 0.717) is 37.4 Å². The van der Waals surface area contributed by atoms with Crippen LogP contribution in [0.3, 0.4) is 0 Å². The van der Waals surface area contributed by atoms with Crippen molar-refractivity contribution in [2.24, 2.45) is 22.7 Å². The van der Waals surface area contributed by atoms with Crippen LogP contribution in [0.15, 0.2) is 23.3 Å². The molecule has 5 unspecified atom stereocenters. The molecule has 0 aromatic carbocycles. The van der Waals surface area contributed by atoms with Crippen molar-refractivity contribution in [3.8, 4) is 0 Å². The van der Waals surface area contributed by atoms with Crippen LogP contribution in [-0.2, 0) is 9.59 Å². The maximum atomic E-state index is 12.3. The zero-order chi connectivity index (χ0) is 18.0. The fourth-order valence-corrected chi connectivity index (χ4v) is 6.39. The van der Waals surface area contributed by atoms with E-state index in [1.165, 1.54) is 11.1 Å². The van der Waals surface area contributed by atoms with Crippen LogP contribution in [0.25, 0.3) is 0 Å². The van der Waals surface area contributed by atoms with Crippen molar-refractivity contribution in [3.63, 3.8) is 0 Å². The van der Waals surface area contributed by atoms with Crippen molar-refractivity contribution >= 4 is 11.6 Å². The van der Waals surface area contributed by atoms with Gasteiger partial charge in [0.25, 0.3) is 0 Å². The summed E-state index contributed by atoms with van der Waals surface area (Å²) < 4.78 is 0. The number of Topliss-reactive ketones (excluding diaryl/α,β-unsaturated/α-hetero) is 2. The maximum absolute atomic E-state index is 12.3. The van der Waals surface area contributed by atoms with Gasteiger partial charge < -0.3 is 10.2 Å². The molecule has 5 atom stereocenters. The monoisotopic (exact) mass is 344 g/mol. The average Bonchev–Trinajstić information content (AvgIpc) is 2.87. The minimum atomic E-state index is -1.41. The molecule has 0 aromatic heterocycles. The molecule has 0 saturated heterocycles. The molecule has 4 rings (SSSR count). The summed E-state index contributed by atoms with van der Waals surface area (Å²) in [6.07, 6.45) is 9.44. The third-order valence-corrected chi connectivity index (χ3v) is 8.07. The first-order chi connectivity index (χ1) is 11.8. The van der Waals surface area contributed by atoms with E-state index in [1.807, 2.05) is 6.92 Å². The molecular weight excluding hydrogens is 316 g/mol. The second kappa shape index (κ2) is 5.37. The summed E-state index contributed by atoms with van der Waals surface area (Å²) in [6, 6.07) is 0. The smallest absolute Gasteiger partial charge is 0.190 e. The standard InChI is InChI=1S/C21H28O4/c1-19-8-5-14(23)11-13(19)3-4-15-16(19)6-9-20(2)17(15)7-10-21(20,25)18(24)12-22/h3,6,15,17,22,25H,4-5,7-12H2,1-2H3. The molecule has 0 bridgehead atoms. The predicted molar refractivity (Wildman–Crippen MR) is 93.7 cm³/mol. The van der Waals surface area contributed by atoms with Gasteiger partial charge in [0.05, 0.1) is 0 Å². The Balaban J connectivity index is 1.74. The summed E-state index contributed by atoms with van der Waals surface area (Å²) in [7, 11) is 0. The Labute approximate surface area is 149 Å². The van der Waals surface area contributed by atoms with Gasteiger partial charge in [-0.3, -0.25) is 9.59 Å². The van der Waals surface area contributed by atoms with Crippen molar-refractivity contribution in [2.45, 2.75) is 64.4 Å². The third-order valence-electron chi connectivity index (χ3n) is 8.07. The average molecular weight is 344 g/mol. The molecule has 0 amide bonds. The third kappa shape index (κ3) is 2.07. The van der Waals surface area contributed by atoms with E-state index in [9.17, 15) is 19.8 Å². The molecule has 2 saturated carbocycles. The van der Waals surface area contributed by atoms with Gasteiger partial charge in [-0.05, 0) is 43.9 Å². The zero-order valence-electron chi connectivity index (χ0n) is 15.2. The van der Waals surface area contributed by atoms with Gasteiger partial charge in [-0.25, -0.2) is 0 Å². The van der Waals surface area contributed by atoms with E-state index in [4.69, 9.17) is 0 Å². The van der Waals surface area contributed by atoms with Crippen LogP contribution in [0.4, 0.5) is 0 Å². The number of rotatable bonds is 2. The number of aliphatic hydroxyl groups excluding tert-OH is 1. The Morgan fingerprint density at radius 2 is 2.04 bits per heavy atom. The van der Waals surface area contributed by atoms with Crippen molar-refractivity contribution < 1.29 is 19.8 Å². The van der Waals surface area contributed by atoms with Gasteiger partial charge in [0.15, 0.2) is 5.78 Å². The van der Waals surface area contributed by atoms with Crippen molar-refractivity contribution in [1.82, 2.24) is 0 Å². The van der Waals surface area contributed by atoms with Crippen LogP contribution < -0.4 is 0 Å². The lowest BCUT2D eigenvalue weighted by Crippen LogP contribution is -2.55. The Kier molecular flexibility index (Phi) is 3.69. The molecule has 4 heteroatoms. The molecule has 136 valence electrons. The molecule has 2 N–H and O–H groups in total. The van der Waals surface area contributed by atoms with Gasteiger partial charge in [0.2, 0.25) is 0 Å². The fraction of sp³-hybridized carbons (Fsp3) is 0.714. The maximum Gasteiger partial charge on any atom is 0.190 e. The summed E-state index contributed by atoms with van der Waals surface area (Å²) in [4.78, 5) is 24.2. The molecule has 4 aliphatic rings. The van der Waals surface area contributed by atoms with E-state index >= 15 is 0 Å². The van der Waals surface area contributed by atoms with Crippen LogP contribution >= 0.6 is 0 Å². The zero-order valence-corrected chi connectivity index (χ0v) is 15.2. The number of carbonyl (C=O) groups is 2. The van der Waals surface area contributed by atoms with E-state index in [2.05, 4.69) is 19.1 Å². The van der Waals surface area contributed by atoms with Crippen LogP contribution in [0.5, 0.6) is 0 Å². The summed E-state index contributed by atoms with van der Waals surface area (Å²) >= 11 is 0. The highest BCUT2D eigenvalue weighted by atomic mass is 16.3. The summed E-state index contributed by atoms with van der Waals surface area (Å²) in [5.41, 5.74) is 0.754.